The van der Waals surface area contributed by atoms with Crippen molar-refractivity contribution < 1.29 is 22.7 Å². The number of carbonyl (C=O) groups is 2. The highest BCUT2D eigenvalue weighted by molar-refractivity contribution is 14.1. The van der Waals surface area contributed by atoms with Crippen molar-refractivity contribution in [3.63, 3.8) is 0 Å². The second-order valence-corrected chi connectivity index (χ2v) is 14.5. The van der Waals surface area contributed by atoms with Gasteiger partial charge in [0.15, 0.2) is 0 Å². The summed E-state index contributed by atoms with van der Waals surface area (Å²) in [4.78, 5) is 41.8. The standard InChI is InChI=1S/C28H28ClIN6O6S2/c1-31-17-2-4-19-20(14-17)21(26(37)32-8-9-35-10-12-42-13-11-35)16-36(27(19)38)23-5-3-18(15-22(23)30)33-28(39)34-44(40,41)25-7-6-24(29)43-25/h2-7,14-16,31H,8-13H2,1H3,(H,32,37)(H2,33,34,39). The van der Waals surface area contributed by atoms with Crippen LogP contribution in [0, 0.1) is 3.57 Å². The molecule has 232 valence electrons. The molecule has 1 saturated heterocycles. The smallest absolute Gasteiger partial charge is 0.333 e. The zero-order valence-electron chi connectivity index (χ0n) is 23.4. The van der Waals surface area contributed by atoms with E-state index in [1.165, 1.54) is 29.0 Å². The molecule has 0 saturated carbocycles. The molecule has 16 heteroatoms. The molecule has 0 radical (unpaired) electrons. The average Bonchev–Trinajstić information content (AvgIpc) is 3.45. The predicted octanol–water partition coefficient (Wildman–Crippen LogP) is 3.92. The van der Waals surface area contributed by atoms with E-state index in [1.807, 2.05) is 27.3 Å². The zero-order valence-corrected chi connectivity index (χ0v) is 27.9. The van der Waals surface area contributed by atoms with Gasteiger partial charge in [-0.2, -0.15) is 0 Å². The largest absolute Gasteiger partial charge is 0.388 e. The number of benzene rings is 2. The van der Waals surface area contributed by atoms with Gasteiger partial charge >= 0.3 is 6.03 Å². The number of pyridine rings is 1. The van der Waals surface area contributed by atoms with Crippen LogP contribution in [0.5, 0.6) is 0 Å². The Morgan fingerprint density at radius 1 is 1.05 bits per heavy atom. The summed E-state index contributed by atoms with van der Waals surface area (Å²) >= 11 is 8.66. The minimum absolute atomic E-state index is 0.0963. The molecule has 0 spiro atoms. The number of sulfonamides is 1. The minimum atomic E-state index is -4.10. The first-order valence-corrected chi connectivity index (χ1v) is 17.2. The van der Waals surface area contributed by atoms with Crippen LogP contribution in [-0.2, 0) is 14.8 Å². The SMILES string of the molecule is CNc1ccc2c(=O)n(-c3ccc(NC(=O)NS(=O)(=O)c4ccc(Cl)s4)cc3I)cc(C(=O)NCCN3CCOCC3)c2c1. The Kier molecular flexibility index (Phi) is 10.1. The number of aromatic nitrogens is 1. The number of thiophene rings is 1. The van der Waals surface area contributed by atoms with Crippen molar-refractivity contribution in [2.75, 3.05) is 57.1 Å². The van der Waals surface area contributed by atoms with Crippen LogP contribution in [0.3, 0.4) is 0 Å². The third-order valence-electron chi connectivity index (χ3n) is 6.87. The molecule has 0 bridgehead atoms. The number of carbonyl (C=O) groups excluding carboxylic acids is 2. The molecule has 0 unspecified atom stereocenters. The van der Waals surface area contributed by atoms with Crippen LogP contribution in [0.25, 0.3) is 16.5 Å². The first-order chi connectivity index (χ1) is 21.1. The quantitative estimate of drug-likeness (QED) is 0.187. The van der Waals surface area contributed by atoms with Crippen molar-refractivity contribution in [2.45, 2.75) is 4.21 Å². The monoisotopic (exact) mass is 770 g/mol. The maximum absolute atomic E-state index is 13.7. The van der Waals surface area contributed by atoms with E-state index in [2.05, 4.69) is 20.9 Å². The number of hydrogen-bond donors (Lipinski definition) is 4. The van der Waals surface area contributed by atoms with Crippen LogP contribution in [0.4, 0.5) is 16.2 Å². The van der Waals surface area contributed by atoms with Crippen LogP contribution in [-0.4, -0.2) is 76.3 Å². The summed E-state index contributed by atoms with van der Waals surface area (Å²) in [6.07, 6.45) is 1.52. The number of morpholine rings is 1. The molecule has 0 aliphatic carbocycles. The molecule has 1 fully saturated rings. The van der Waals surface area contributed by atoms with Crippen LogP contribution in [0.2, 0.25) is 4.34 Å². The summed E-state index contributed by atoms with van der Waals surface area (Å²) in [6.45, 7) is 4.05. The van der Waals surface area contributed by atoms with Crippen LogP contribution in [0.1, 0.15) is 10.4 Å². The van der Waals surface area contributed by atoms with E-state index in [-0.39, 0.29) is 20.0 Å². The Bertz CT molecular complexity index is 1890. The molecule has 4 aromatic rings. The fourth-order valence-electron chi connectivity index (χ4n) is 4.65. The Morgan fingerprint density at radius 2 is 1.80 bits per heavy atom. The molecule has 3 heterocycles. The van der Waals surface area contributed by atoms with Gasteiger partial charge in [0.05, 0.1) is 28.8 Å². The van der Waals surface area contributed by atoms with Gasteiger partial charge in [0, 0.05) is 65.1 Å². The first-order valence-electron chi connectivity index (χ1n) is 13.4. The molecular weight excluding hydrogens is 743 g/mol. The number of amides is 3. The van der Waals surface area contributed by atoms with E-state index in [9.17, 15) is 22.8 Å². The topological polar surface area (TPSA) is 151 Å². The Hall–Kier alpha value is -3.22. The lowest BCUT2D eigenvalue weighted by Crippen LogP contribution is -2.41. The number of ether oxygens (including phenoxy) is 1. The molecule has 5 rings (SSSR count). The van der Waals surface area contributed by atoms with E-state index >= 15 is 0 Å². The summed E-state index contributed by atoms with van der Waals surface area (Å²) in [7, 11) is -2.34. The Morgan fingerprint density at radius 3 is 2.48 bits per heavy atom. The zero-order chi connectivity index (χ0) is 31.4. The summed E-state index contributed by atoms with van der Waals surface area (Å²) < 4.78 is 34.4. The Labute approximate surface area is 275 Å². The average molecular weight is 771 g/mol. The number of nitrogens with zero attached hydrogens (tertiary/aromatic N) is 2. The summed E-state index contributed by atoms with van der Waals surface area (Å²) in [5.41, 5.74) is 1.53. The summed E-state index contributed by atoms with van der Waals surface area (Å²) in [5.74, 6) is -0.316. The molecule has 3 amide bonds. The highest BCUT2D eigenvalue weighted by Gasteiger charge is 2.21. The van der Waals surface area contributed by atoms with E-state index in [0.717, 1.165) is 30.1 Å². The van der Waals surface area contributed by atoms with Gasteiger partial charge in [-0.15, -0.1) is 11.3 Å². The molecule has 4 N–H and O–H groups in total. The Balaban J connectivity index is 1.40. The summed E-state index contributed by atoms with van der Waals surface area (Å²) in [6, 6.07) is 11.7. The third kappa shape index (κ3) is 7.35. The molecule has 2 aromatic heterocycles. The normalized spacial score (nSPS) is 13.9. The van der Waals surface area contributed by atoms with Crippen molar-refractivity contribution in [3.8, 4) is 5.69 Å². The van der Waals surface area contributed by atoms with Gasteiger partial charge in [-0.1, -0.05) is 11.6 Å². The van der Waals surface area contributed by atoms with Crippen molar-refractivity contribution >= 4 is 89.6 Å². The van der Waals surface area contributed by atoms with Gasteiger partial charge in [0.1, 0.15) is 4.21 Å². The maximum atomic E-state index is 13.7. The van der Waals surface area contributed by atoms with E-state index in [0.29, 0.717) is 57.6 Å². The number of nitrogens with one attached hydrogen (secondary N) is 4. The van der Waals surface area contributed by atoms with Gasteiger partial charge in [-0.05, 0) is 71.1 Å². The van der Waals surface area contributed by atoms with Crippen molar-refractivity contribution in [1.29, 1.82) is 0 Å². The molecule has 44 heavy (non-hydrogen) atoms. The number of halogens is 2. The maximum Gasteiger partial charge on any atom is 0.333 e. The van der Waals surface area contributed by atoms with Gasteiger partial charge in [0.25, 0.3) is 21.5 Å². The molecule has 2 aromatic carbocycles. The fraction of sp³-hybridized carbons (Fsp3) is 0.250. The van der Waals surface area contributed by atoms with Crippen molar-refractivity contribution in [1.82, 2.24) is 19.5 Å². The lowest BCUT2D eigenvalue weighted by Gasteiger charge is -2.26. The van der Waals surface area contributed by atoms with Gasteiger partial charge < -0.3 is 20.7 Å². The minimum Gasteiger partial charge on any atom is -0.388 e. The number of fused-ring (bicyclic) bond motifs is 1. The number of anilines is 2. The highest BCUT2D eigenvalue weighted by atomic mass is 127. The second kappa shape index (κ2) is 13.8. The van der Waals surface area contributed by atoms with Crippen LogP contribution in [0.15, 0.2) is 63.7 Å². The number of hydrogen-bond acceptors (Lipinski definition) is 9. The first kappa shape index (κ1) is 32.2. The van der Waals surface area contributed by atoms with E-state index < -0.39 is 16.1 Å². The lowest BCUT2D eigenvalue weighted by atomic mass is 10.1. The van der Waals surface area contributed by atoms with Crippen LogP contribution >= 0.6 is 45.5 Å². The predicted molar refractivity (Wildman–Crippen MR) is 180 cm³/mol. The third-order valence-corrected chi connectivity index (χ3v) is 10.8. The fourth-order valence-corrected chi connectivity index (χ4v) is 7.82. The lowest BCUT2D eigenvalue weighted by molar-refractivity contribution is 0.0383. The highest BCUT2D eigenvalue weighted by Crippen LogP contribution is 2.27. The van der Waals surface area contributed by atoms with Gasteiger partial charge in [-0.3, -0.25) is 19.1 Å². The molecule has 12 nitrogen and oxygen atoms in total. The molecule has 1 aliphatic heterocycles. The van der Waals surface area contributed by atoms with Gasteiger partial charge in [-0.25, -0.2) is 17.9 Å². The van der Waals surface area contributed by atoms with Gasteiger partial charge in [0.2, 0.25) is 0 Å². The number of rotatable bonds is 9. The molecule has 0 atom stereocenters. The summed E-state index contributed by atoms with van der Waals surface area (Å²) in [5, 5.41) is 9.41. The van der Waals surface area contributed by atoms with E-state index in [4.69, 9.17) is 16.3 Å². The van der Waals surface area contributed by atoms with Crippen LogP contribution < -0.4 is 26.2 Å². The second-order valence-electron chi connectivity index (χ2n) is 9.72. The van der Waals surface area contributed by atoms with E-state index in [1.54, 1.807) is 37.4 Å². The molecule has 1 aliphatic rings. The number of urea groups is 1. The molecular formula is C28H28ClIN6O6S2. The van der Waals surface area contributed by atoms with Crippen molar-refractivity contribution in [2.24, 2.45) is 0 Å². The van der Waals surface area contributed by atoms with Crippen molar-refractivity contribution in [3.05, 3.63) is 78.6 Å².